The number of carbonyl (C=O) groups excluding carboxylic acids is 2. The molecule has 31 heavy (non-hydrogen) atoms. The Hall–Kier alpha value is -3.14. The molecule has 0 bridgehead atoms. The van der Waals surface area contributed by atoms with E-state index in [0.29, 0.717) is 19.7 Å². The minimum absolute atomic E-state index is 0.0915. The van der Waals surface area contributed by atoms with Gasteiger partial charge in [0, 0.05) is 30.5 Å². The zero-order valence-electron chi connectivity index (χ0n) is 18.0. The monoisotopic (exact) mass is 420 g/mol. The van der Waals surface area contributed by atoms with Crippen molar-refractivity contribution in [2.75, 3.05) is 24.7 Å². The van der Waals surface area contributed by atoms with Crippen molar-refractivity contribution < 1.29 is 19.4 Å². The average Bonchev–Trinajstić information content (AvgIpc) is 2.76. The lowest BCUT2D eigenvalue weighted by Crippen LogP contribution is -2.35. The number of rotatable bonds is 8. The van der Waals surface area contributed by atoms with Gasteiger partial charge in [-0.25, -0.2) is 0 Å². The average molecular weight is 421 g/mol. The molecule has 1 aliphatic rings. The van der Waals surface area contributed by atoms with E-state index in [4.69, 9.17) is 4.74 Å². The number of amides is 2. The zero-order chi connectivity index (χ0) is 22.3. The lowest BCUT2D eigenvalue weighted by molar-refractivity contribution is -0.125. The number of nitrogens with one attached hydrogen (secondary N) is 1. The third-order valence-corrected chi connectivity index (χ3v) is 5.04. The minimum Gasteiger partial charge on any atom is -0.393 e. The summed E-state index contributed by atoms with van der Waals surface area (Å²) in [6.45, 7) is 4.48. The predicted molar refractivity (Wildman–Crippen MR) is 119 cm³/mol. The molecule has 1 heterocycles. The molecule has 2 N–H and O–H groups in total. The molecule has 2 aromatic rings. The summed E-state index contributed by atoms with van der Waals surface area (Å²) < 4.78 is 5.50. The van der Waals surface area contributed by atoms with Crippen molar-refractivity contribution in [3.05, 3.63) is 65.2 Å². The quantitative estimate of drug-likeness (QED) is 0.508. The van der Waals surface area contributed by atoms with Crippen molar-refractivity contribution in [1.29, 1.82) is 0 Å². The molecule has 0 aromatic heterocycles. The van der Waals surface area contributed by atoms with Gasteiger partial charge in [0.1, 0.15) is 0 Å². The first kappa shape index (κ1) is 22.5. The first-order valence-electron chi connectivity index (χ1n) is 10.4. The van der Waals surface area contributed by atoms with Gasteiger partial charge in [0.05, 0.1) is 31.0 Å². The second-order valence-corrected chi connectivity index (χ2v) is 8.02. The third kappa shape index (κ3) is 6.17. The van der Waals surface area contributed by atoms with Crippen molar-refractivity contribution in [1.82, 2.24) is 5.32 Å². The third-order valence-electron chi connectivity index (χ3n) is 5.04. The Labute approximate surface area is 183 Å². The molecule has 2 aromatic carbocycles. The molecule has 0 radical (unpaired) electrons. The first-order chi connectivity index (χ1) is 14.9. The van der Waals surface area contributed by atoms with E-state index < -0.39 is 5.60 Å². The van der Waals surface area contributed by atoms with Gasteiger partial charge in [0.15, 0.2) is 0 Å². The number of aliphatic hydroxyl groups is 1. The van der Waals surface area contributed by atoms with Crippen LogP contribution in [0.5, 0.6) is 0 Å². The molecule has 0 spiro atoms. The van der Waals surface area contributed by atoms with Crippen LogP contribution in [0.1, 0.15) is 43.4 Å². The number of para-hydroxylation sites is 1. The van der Waals surface area contributed by atoms with Crippen molar-refractivity contribution in [3.8, 4) is 11.8 Å². The van der Waals surface area contributed by atoms with Crippen molar-refractivity contribution in [3.63, 3.8) is 0 Å². The van der Waals surface area contributed by atoms with Crippen LogP contribution >= 0.6 is 0 Å². The van der Waals surface area contributed by atoms with E-state index >= 15 is 0 Å². The fourth-order valence-corrected chi connectivity index (χ4v) is 3.21. The summed E-state index contributed by atoms with van der Waals surface area (Å²) in [6.07, 6.45) is 0.187. The molecule has 0 aliphatic carbocycles. The topological polar surface area (TPSA) is 78.9 Å². The van der Waals surface area contributed by atoms with E-state index in [1.54, 1.807) is 18.7 Å². The Morgan fingerprint density at radius 2 is 1.74 bits per heavy atom. The van der Waals surface area contributed by atoms with E-state index in [-0.39, 0.29) is 31.3 Å². The van der Waals surface area contributed by atoms with E-state index in [0.717, 1.165) is 22.4 Å². The number of anilines is 1. The van der Waals surface area contributed by atoms with Gasteiger partial charge in [-0.05, 0) is 37.6 Å². The van der Waals surface area contributed by atoms with Gasteiger partial charge in [-0.2, -0.15) is 0 Å². The predicted octanol–water partition coefficient (Wildman–Crippen LogP) is 2.62. The standard InChI is InChI=1S/C25H28N2O4/c1-25(2,18-28)31-16-15-26-23(29)13-14-24(30)27-17-21-9-4-3-7-19(21)11-12-20-8-5-6-10-22(20)27/h3-10,28H,13-18H2,1-2H3,(H,26,29). The maximum absolute atomic E-state index is 13.1. The fourth-order valence-electron chi connectivity index (χ4n) is 3.21. The maximum Gasteiger partial charge on any atom is 0.227 e. The van der Waals surface area contributed by atoms with Crippen LogP contribution in [0.15, 0.2) is 48.5 Å². The van der Waals surface area contributed by atoms with Gasteiger partial charge in [-0.3, -0.25) is 9.59 Å². The molecule has 2 amide bonds. The number of hydrogen-bond donors (Lipinski definition) is 2. The number of benzene rings is 2. The molecule has 0 atom stereocenters. The number of hydrogen-bond acceptors (Lipinski definition) is 4. The molecular weight excluding hydrogens is 392 g/mol. The second kappa shape index (κ2) is 10.3. The number of carbonyl (C=O) groups is 2. The Bertz CT molecular complexity index is 1000. The Morgan fingerprint density at radius 1 is 1.06 bits per heavy atom. The summed E-state index contributed by atoms with van der Waals surface area (Å²) >= 11 is 0. The molecule has 162 valence electrons. The number of nitrogens with zero attached hydrogens (tertiary/aromatic N) is 1. The van der Waals surface area contributed by atoms with Gasteiger partial charge in [-0.1, -0.05) is 42.2 Å². The van der Waals surface area contributed by atoms with Gasteiger partial charge in [0.25, 0.3) is 0 Å². The van der Waals surface area contributed by atoms with Crippen LogP contribution in [-0.4, -0.2) is 42.3 Å². The van der Waals surface area contributed by atoms with Gasteiger partial charge in [-0.15, -0.1) is 0 Å². The van der Waals surface area contributed by atoms with Crippen molar-refractivity contribution in [2.24, 2.45) is 0 Å². The van der Waals surface area contributed by atoms with E-state index in [2.05, 4.69) is 17.2 Å². The number of aliphatic hydroxyl groups excluding tert-OH is 1. The first-order valence-corrected chi connectivity index (χ1v) is 10.4. The summed E-state index contributed by atoms with van der Waals surface area (Å²) in [4.78, 5) is 27.0. The molecule has 6 heteroatoms. The Morgan fingerprint density at radius 3 is 2.52 bits per heavy atom. The molecule has 3 rings (SSSR count). The van der Waals surface area contributed by atoms with Crippen LogP contribution in [0.25, 0.3) is 0 Å². The van der Waals surface area contributed by atoms with Crippen LogP contribution in [0.2, 0.25) is 0 Å². The highest BCUT2D eigenvalue weighted by molar-refractivity contribution is 5.96. The van der Waals surface area contributed by atoms with Crippen molar-refractivity contribution in [2.45, 2.75) is 38.8 Å². The Balaban J connectivity index is 1.62. The van der Waals surface area contributed by atoms with Gasteiger partial charge < -0.3 is 20.1 Å². The molecule has 0 saturated heterocycles. The summed E-state index contributed by atoms with van der Waals surface area (Å²) in [5.41, 5.74) is 2.79. The molecule has 0 fully saturated rings. The SMILES string of the molecule is CC(C)(CO)OCCNC(=O)CCC(=O)N1Cc2ccccc2C#Cc2ccccc21. The molecule has 0 saturated carbocycles. The molecule has 6 nitrogen and oxygen atoms in total. The van der Waals surface area contributed by atoms with Crippen LogP contribution in [0.4, 0.5) is 5.69 Å². The van der Waals surface area contributed by atoms with E-state index in [1.165, 1.54) is 0 Å². The normalized spacial score (nSPS) is 12.5. The largest absolute Gasteiger partial charge is 0.393 e. The van der Waals surface area contributed by atoms with E-state index in [9.17, 15) is 14.7 Å². The smallest absolute Gasteiger partial charge is 0.227 e. The highest BCUT2D eigenvalue weighted by Crippen LogP contribution is 2.26. The number of fused-ring (bicyclic) bond motifs is 2. The van der Waals surface area contributed by atoms with Crippen LogP contribution in [-0.2, 0) is 20.9 Å². The summed E-state index contributed by atoms with van der Waals surface area (Å²) in [5.74, 6) is 6.03. The lowest BCUT2D eigenvalue weighted by Gasteiger charge is -2.26. The summed E-state index contributed by atoms with van der Waals surface area (Å²) in [6, 6.07) is 15.4. The van der Waals surface area contributed by atoms with E-state index in [1.807, 2.05) is 48.5 Å². The van der Waals surface area contributed by atoms with Gasteiger partial charge >= 0.3 is 0 Å². The van der Waals surface area contributed by atoms with Crippen LogP contribution in [0.3, 0.4) is 0 Å². The fraction of sp³-hybridized carbons (Fsp3) is 0.360. The second-order valence-electron chi connectivity index (χ2n) is 8.02. The zero-order valence-corrected chi connectivity index (χ0v) is 18.0. The molecule has 1 aliphatic heterocycles. The van der Waals surface area contributed by atoms with Crippen LogP contribution < -0.4 is 10.2 Å². The highest BCUT2D eigenvalue weighted by Gasteiger charge is 2.22. The molecular formula is C25H28N2O4. The maximum atomic E-state index is 13.1. The minimum atomic E-state index is -0.640. The molecule has 0 unspecified atom stereocenters. The van der Waals surface area contributed by atoms with Crippen LogP contribution in [0, 0.1) is 11.8 Å². The van der Waals surface area contributed by atoms with Gasteiger partial charge in [0.2, 0.25) is 11.8 Å². The number of ether oxygens (including phenoxy) is 1. The lowest BCUT2D eigenvalue weighted by atomic mass is 10.0. The summed E-state index contributed by atoms with van der Waals surface area (Å²) in [5, 5.41) is 11.9. The highest BCUT2D eigenvalue weighted by atomic mass is 16.5. The summed E-state index contributed by atoms with van der Waals surface area (Å²) in [7, 11) is 0. The Kier molecular flexibility index (Phi) is 7.45. The van der Waals surface area contributed by atoms with Crippen molar-refractivity contribution >= 4 is 17.5 Å².